The predicted octanol–water partition coefficient (Wildman–Crippen LogP) is 3.53. The van der Waals surface area contributed by atoms with Gasteiger partial charge in [0.15, 0.2) is 0 Å². The molecule has 1 aromatic heterocycles. The summed E-state index contributed by atoms with van der Waals surface area (Å²) in [6.45, 7) is 9.03. The molecule has 0 radical (unpaired) electrons. The monoisotopic (exact) mass is 262 g/mol. The summed E-state index contributed by atoms with van der Waals surface area (Å²) in [6.07, 6.45) is 1.02. The van der Waals surface area contributed by atoms with Crippen molar-refractivity contribution in [3.63, 3.8) is 0 Å². The number of hydrogen-bond donors (Lipinski definition) is 0. The average Bonchev–Trinajstić information content (AvgIpc) is 2.33. The van der Waals surface area contributed by atoms with E-state index in [2.05, 4.69) is 53.0 Å². The van der Waals surface area contributed by atoms with Crippen molar-refractivity contribution >= 4 is 27.5 Å². The van der Waals surface area contributed by atoms with Crippen molar-refractivity contribution in [1.29, 1.82) is 0 Å². The summed E-state index contributed by atoms with van der Waals surface area (Å²) in [5, 5.41) is 1.12. The largest absolute Gasteiger partial charge is 0.214 e. The molecule has 0 aliphatic rings. The van der Waals surface area contributed by atoms with Crippen molar-refractivity contribution in [2.24, 2.45) is 11.3 Å². The third-order valence-electron chi connectivity index (χ3n) is 2.40. The van der Waals surface area contributed by atoms with Gasteiger partial charge in [-0.25, -0.2) is 4.98 Å². The lowest BCUT2D eigenvalue weighted by molar-refractivity contribution is 0.260. The van der Waals surface area contributed by atoms with E-state index in [0.717, 1.165) is 11.4 Å². The lowest BCUT2D eigenvalue weighted by Crippen LogP contribution is -2.19. The zero-order valence-corrected chi connectivity index (χ0v) is 10.9. The van der Waals surface area contributed by atoms with E-state index >= 15 is 0 Å². The maximum Gasteiger partial charge on any atom is 0.209 e. The van der Waals surface area contributed by atoms with E-state index in [1.165, 1.54) is 11.5 Å². The van der Waals surface area contributed by atoms with E-state index in [4.69, 9.17) is 0 Å². The molecule has 1 rings (SSSR count). The molecule has 0 aromatic carbocycles. The van der Waals surface area contributed by atoms with Gasteiger partial charge >= 0.3 is 0 Å². The fourth-order valence-electron chi connectivity index (χ4n) is 0.885. The third-order valence-corrected chi connectivity index (χ3v) is 3.72. The molecular formula is C9H15BrN2S. The minimum absolute atomic E-state index is 0.345. The summed E-state index contributed by atoms with van der Waals surface area (Å²) in [7, 11) is 0. The van der Waals surface area contributed by atoms with Gasteiger partial charge in [0.1, 0.15) is 5.01 Å². The fraction of sp³-hybridized carbons (Fsp3) is 0.778. The summed E-state index contributed by atoms with van der Waals surface area (Å²) in [5.74, 6) is 0.632. The highest BCUT2D eigenvalue weighted by Crippen LogP contribution is 2.29. The lowest BCUT2D eigenvalue weighted by atomic mass is 9.80. The molecule has 74 valence electrons. The Balaban J connectivity index is 2.60. The van der Waals surface area contributed by atoms with E-state index in [-0.39, 0.29) is 0 Å². The van der Waals surface area contributed by atoms with Crippen LogP contribution >= 0.6 is 27.5 Å². The predicted molar refractivity (Wildman–Crippen MR) is 59.9 cm³/mol. The maximum absolute atomic E-state index is 4.29. The Morgan fingerprint density at radius 2 is 2.08 bits per heavy atom. The van der Waals surface area contributed by atoms with Crippen LogP contribution in [0.1, 0.15) is 32.7 Å². The van der Waals surface area contributed by atoms with Gasteiger partial charge in [-0.15, -0.1) is 0 Å². The molecule has 0 bridgehead atoms. The van der Waals surface area contributed by atoms with Crippen molar-refractivity contribution in [2.75, 3.05) is 0 Å². The summed E-state index contributed by atoms with van der Waals surface area (Å²) in [6, 6.07) is 0. The molecule has 13 heavy (non-hydrogen) atoms. The van der Waals surface area contributed by atoms with Gasteiger partial charge in [0, 0.05) is 6.42 Å². The molecule has 1 atom stereocenters. The van der Waals surface area contributed by atoms with Crippen LogP contribution in [0.4, 0.5) is 0 Å². The minimum atomic E-state index is 0.345. The molecular weight excluding hydrogens is 248 g/mol. The van der Waals surface area contributed by atoms with Gasteiger partial charge in [0.2, 0.25) is 4.73 Å². The van der Waals surface area contributed by atoms with Crippen LogP contribution in [0, 0.1) is 11.3 Å². The summed E-state index contributed by atoms with van der Waals surface area (Å²) >= 11 is 4.75. The Hall–Kier alpha value is 0.0400. The van der Waals surface area contributed by atoms with E-state index < -0.39 is 0 Å². The SMILES string of the molecule is CC(Cc1nc(Br)ns1)C(C)(C)C. The van der Waals surface area contributed by atoms with Crippen LogP contribution in [-0.4, -0.2) is 9.36 Å². The molecule has 0 N–H and O–H groups in total. The molecule has 2 nitrogen and oxygen atoms in total. The lowest BCUT2D eigenvalue weighted by Gasteiger charge is -2.26. The molecule has 0 aliphatic carbocycles. The summed E-state index contributed by atoms with van der Waals surface area (Å²) in [4.78, 5) is 4.29. The van der Waals surface area contributed by atoms with Crippen molar-refractivity contribution in [3.8, 4) is 0 Å². The summed E-state index contributed by atoms with van der Waals surface area (Å²) in [5.41, 5.74) is 0.345. The Morgan fingerprint density at radius 3 is 2.46 bits per heavy atom. The average molecular weight is 263 g/mol. The molecule has 4 heteroatoms. The highest BCUT2D eigenvalue weighted by molar-refractivity contribution is 9.10. The van der Waals surface area contributed by atoms with Crippen LogP contribution in [-0.2, 0) is 6.42 Å². The molecule has 1 heterocycles. The van der Waals surface area contributed by atoms with Crippen molar-refractivity contribution in [3.05, 3.63) is 9.74 Å². The molecule has 0 amide bonds. The van der Waals surface area contributed by atoms with Gasteiger partial charge in [-0.2, -0.15) is 4.37 Å². The molecule has 1 aromatic rings. The Bertz CT molecular complexity index is 277. The molecule has 0 fully saturated rings. The van der Waals surface area contributed by atoms with E-state index in [9.17, 15) is 0 Å². The molecule has 0 saturated carbocycles. The first-order valence-corrected chi connectivity index (χ1v) is 5.94. The summed E-state index contributed by atoms with van der Waals surface area (Å²) < 4.78 is 4.82. The highest BCUT2D eigenvalue weighted by Gasteiger charge is 2.21. The van der Waals surface area contributed by atoms with Crippen LogP contribution < -0.4 is 0 Å². The second-order valence-corrected chi connectivity index (χ2v) is 5.97. The number of hydrogen-bond acceptors (Lipinski definition) is 3. The van der Waals surface area contributed by atoms with Crippen LogP contribution in [0.3, 0.4) is 0 Å². The molecule has 0 spiro atoms. The number of aromatic nitrogens is 2. The standard InChI is InChI=1S/C9H15BrN2S/c1-6(9(2,3)4)5-7-11-8(10)12-13-7/h6H,5H2,1-4H3. The Labute approximate surface area is 92.1 Å². The van der Waals surface area contributed by atoms with E-state index in [0.29, 0.717) is 16.1 Å². The van der Waals surface area contributed by atoms with Gasteiger partial charge in [0.05, 0.1) is 0 Å². The Morgan fingerprint density at radius 1 is 1.46 bits per heavy atom. The maximum atomic E-state index is 4.29. The number of halogens is 1. The van der Waals surface area contributed by atoms with Crippen molar-refractivity contribution in [1.82, 2.24) is 9.36 Å². The fourth-order valence-corrected chi connectivity index (χ4v) is 2.11. The van der Waals surface area contributed by atoms with Gasteiger partial charge in [0.25, 0.3) is 0 Å². The van der Waals surface area contributed by atoms with E-state index in [1.54, 1.807) is 0 Å². The van der Waals surface area contributed by atoms with Crippen molar-refractivity contribution < 1.29 is 0 Å². The van der Waals surface area contributed by atoms with Gasteiger partial charge in [-0.05, 0) is 38.8 Å². The van der Waals surface area contributed by atoms with E-state index in [1.807, 2.05) is 0 Å². The van der Waals surface area contributed by atoms with Crippen LogP contribution in [0.2, 0.25) is 0 Å². The first-order chi connectivity index (χ1) is 5.89. The highest BCUT2D eigenvalue weighted by atomic mass is 79.9. The normalized spacial score (nSPS) is 14.5. The molecule has 0 aliphatic heterocycles. The number of rotatable bonds is 2. The van der Waals surface area contributed by atoms with Crippen molar-refractivity contribution in [2.45, 2.75) is 34.1 Å². The zero-order chi connectivity index (χ0) is 10.1. The second kappa shape index (κ2) is 4.05. The molecule has 1 unspecified atom stereocenters. The number of nitrogens with zero attached hydrogens (tertiary/aromatic N) is 2. The molecule has 0 saturated heterocycles. The minimum Gasteiger partial charge on any atom is -0.214 e. The quantitative estimate of drug-likeness (QED) is 0.815. The smallest absolute Gasteiger partial charge is 0.209 e. The zero-order valence-electron chi connectivity index (χ0n) is 8.47. The van der Waals surface area contributed by atoms with Gasteiger partial charge in [-0.1, -0.05) is 27.7 Å². The van der Waals surface area contributed by atoms with Gasteiger partial charge in [-0.3, -0.25) is 0 Å². The first-order valence-electron chi connectivity index (χ1n) is 4.37. The second-order valence-electron chi connectivity index (χ2n) is 4.43. The van der Waals surface area contributed by atoms with Crippen LogP contribution in [0.25, 0.3) is 0 Å². The van der Waals surface area contributed by atoms with Crippen LogP contribution in [0.5, 0.6) is 0 Å². The van der Waals surface area contributed by atoms with Gasteiger partial charge < -0.3 is 0 Å². The third kappa shape index (κ3) is 3.35. The van der Waals surface area contributed by atoms with Crippen LogP contribution in [0.15, 0.2) is 4.73 Å². The Kier molecular flexibility index (Phi) is 3.46. The topological polar surface area (TPSA) is 25.8 Å². The first kappa shape index (κ1) is 11.1.